The van der Waals surface area contributed by atoms with Crippen LogP contribution in [0.15, 0.2) is 29.2 Å². The highest BCUT2D eigenvalue weighted by molar-refractivity contribution is 7.86. The summed E-state index contributed by atoms with van der Waals surface area (Å²) in [5.74, 6) is 2.95. The van der Waals surface area contributed by atoms with Crippen LogP contribution in [0.1, 0.15) is 5.56 Å². The van der Waals surface area contributed by atoms with Gasteiger partial charge in [-0.1, -0.05) is 43.3 Å². The molecule has 0 aromatic heterocycles. The van der Waals surface area contributed by atoms with E-state index < -0.39 is 18.2 Å². The van der Waals surface area contributed by atoms with Crippen LogP contribution in [0.5, 0.6) is 0 Å². The van der Waals surface area contributed by atoms with Gasteiger partial charge in [-0.2, -0.15) is 8.42 Å². The van der Waals surface area contributed by atoms with Crippen molar-refractivity contribution in [1.29, 1.82) is 0 Å². The Labute approximate surface area is 128 Å². The maximum absolute atomic E-state index is 11.9. The van der Waals surface area contributed by atoms with Gasteiger partial charge in [0.2, 0.25) is 0 Å². The van der Waals surface area contributed by atoms with Crippen LogP contribution in [-0.2, 0) is 19.0 Å². The van der Waals surface area contributed by atoms with Gasteiger partial charge in [-0.3, -0.25) is 4.18 Å². The van der Waals surface area contributed by atoms with E-state index in [1.165, 1.54) is 12.1 Å². The average Bonchev–Trinajstić information content (AvgIpc) is 2.36. The molecule has 0 spiro atoms. The highest BCUT2D eigenvalue weighted by atomic mass is 32.2. The molecule has 0 bridgehead atoms. The van der Waals surface area contributed by atoms with E-state index in [2.05, 4.69) is 31.1 Å². The van der Waals surface area contributed by atoms with Crippen molar-refractivity contribution in [3.63, 3.8) is 0 Å². The van der Waals surface area contributed by atoms with Gasteiger partial charge in [0.1, 0.15) is 14.7 Å². The van der Waals surface area contributed by atoms with Gasteiger partial charge in [0.15, 0.2) is 0 Å². The minimum Gasteiger partial charge on any atom is -0.366 e. The minimum atomic E-state index is -3.70. The average molecular weight is 326 g/mol. The summed E-state index contributed by atoms with van der Waals surface area (Å²) in [5.41, 5.74) is 4.16. The van der Waals surface area contributed by atoms with E-state index >= 15 is 0 Å². The fourth-order valence-corrected chi connectivity index (χ4v) is 2.90. The van der Waals surface area contributed by atoms with E-state index in [-0.39, 0.29) is 18.1 Å². The molecular formula is C15H22O4SSi. The molecule has 0 N–H and O–H groups in total. The van der Waals surface area contributed by atoms with Crippen molar-refractivity contribution < 1.29 is 17.3 Å². The van der Waals surface area contributed by atoms with E-state index in [0.29, 0.717) is 6.61 Å². The predicted octanol–water partition coefficient (Wildman–Crippen LogP) is 2.60. The van der Waals surface area contributed by atoms with Crippen molar-refractivity contribution in [1.82, 2.24) is 0 Å². The van der Waals surface area contributed by atoms with Crippen LogP contribution < -0.4 is 0 Å². The third-order valence-electron chi connectivity index (χ3n) is 2.41. The zero-order valence-corrected chi connectivity index (χ0v) is 14.8. The SMILES string of the molecule is Cc1ccc(S(=O)(=O)OCCOCC#C[Si](C)(C)C)cc1. The molecule has 6 heteroatoms. The largest absolute Gasteiger partial charge is 0.366 e. The zero-order chi connectivity index (χ0) is 15.9. The normalized spacial score (nSPS) is 11.8. The molecule has 0 unspecified atom stereocenters. The lowest BCUT2D eigenvalue weighted by Crippen LogP contribution is -2.17. The van der Waals surface area contributed by atoms with Crippen LogP contribution in [0.2, 0.25) is 19.6 Å². The van der Waals surface area contributed by atoms with Gasteiger partial charge in [0, 0.05) is 0 Å². The first-order valence-corrected chi connectivity index (χ1v) is 11.7. The summed E-state index contributed by atoms with van der Waals surface area (Å²) in [6.45, 7) is 8.84. The molecule has 1 aromatic carbocycles. The van der Waals surface area contributed by atoms with E-state index in [1.54, 1.807) is 12.1 Å². The minimum absolute atomic E-state index is 0.00909. The molecule has 0 atom stereocenters. The van der Waals surface area contributed by atoms with Crippen LogP contribution in [0.25, 0.3) is 0 Å². The van der Waals surface area contributed by atoms with E-state index in [0.717, 1.165) is 5.56 Å². The summed E-state index contributed by atoms with van der Waals surface area (Å²) in [7, 11) is -5.07. The number of rotatable bonds is 6. The zero-order valence-electron chi connectivity index (χ0n) is 13.0. The molecule has 0 aliphatic heterocycles. The van der Waals surface area contributed by atoms with Gasteiger partial charge in [-0.05, 0) is 19.1 Å². The third-order valence-corrected chi connectivity index (χ3v) is 4.67. The summed E-state index contributed by atoms with van der Waals surface area (Å²) in [5, 5.41) is 0. The lowest BCUT2D eigenvalue weighted by molar-refractivity contribution is 0.127. The van der Waals surface area contributed by atoms with E-state index in [1.807, 2.05) is 6.92 Å². The molecule has 0 aliphatic rings. The van der Waals surface area contributed by atoms with Crippen molar-refractivity contribution in [2.75, 3.05) is 19.8 Å². The maximum Gasteiger partial charge on any atom is 0.297 e. The van der Waals surface area contributed by atoms with E-state index in [9.17, 15) is 8.42 Å². The number of benzene rings is 1. The predicted molar refractivity (Wildman–Crippen MR) is 86.3 cm³/mol. The third kappa shape index (κ3) is 7.44. The summed E-state index contributed by atoms with van der Waals surface area (Å²) in [4.78, 5) is 0.159. The van der Waals surface area contributed by atoms with Gasteiger partial charge < -0.3 is 4.74 Å². The molecule has 21 heavy (non-hydrogen) atoms. The number of hydrogen-bond acceptors (Lipinski definition) is 4. The van der Waals surface area contributed by atoms with Crippen LogP contribution in [0.3, 0.4) is 0 Å². The first-order valence-electron chi connectivity index (χ1n) is 6.75. The highest BCUT2D eigenvalue weighted by Gasteiger charge is 2.14. The Morgan fingerprint density at radius 2 is 1.71 bits per heavy atom. The lowest BCUT2D eigenvalue weighted by atomic mass is 10.2. The molecule has 4 nitrogen and oxygen atoms in total. The fourth-order valence-electron chi connectivity index (χ4n) is 1.40. The molecule has 0 saturated heterocycles. The van der Waals surface area contributed by atoms with Crippen molar-refractivity contribution in [3.8, 4) is 11.5 Å². The molecule has 1 rings (SSSR count). The quantitative estimate of drug-likeness (QED) is 0.349. The Kier molecular flexibility index (Phi) is 6.62. The number of hydrogen-bond donors (Lipinski definition) is 0. The summed E-state index contributed by atoms with van der Waals surface area (Å²) >= 11 is 0. The Morgan fingerprint density at radius 3 is 2.29 bits per heavy atom. The second kappa shape index (κ2) is 7.76. The van der Waals surface area contributed by atoms with Gasteiger partial charge >= 0.3 is 0 Å². The molecule has 0 aliphatic carbocycles. The van der Waals surface area contributed by atoms with Crippen molar-refractivity contribution in [2.45, 2.75) is 31.5 Å². The first-order chi connectivity index (χ1) is 9.71. The van der Waals surface area contributed by atoms with Crippen LogP contribution in [-0.4, -0.2) is 36.3 Å². The Balaban J connectivity index is 2.35. The Hall–Kier alpha value is -1.13. The van der Waals surface area contributed by atoms with Gasteiger partial charge in [-0.15, -0.1) is 5.54 Å². The van der Waals surface area contributed by atoms with E-state index in [4.69, 9.17) is 8.92 Å². The maximum atomic E-state index is 11.9. The second-order valence-corrected chi connectivity index (χ2v) is 12.1. The Bertz CT molecular complexity index is 604. The highest BCUT2D eigenvalue weighted by Crippen LogP contribution is 2.12. The molecular weight excluding hydrogens is 304 g/mol. The first kappa shape index (κ1) is 17.9. The Morgan fingerprint density at radius 1 is 1.10 bits per heavy atom. The summed E-state index contributed by atoms with van der Waals surface area (Å²) in [6, 6.07) is 6.54. The van der Waals surface area contributed by atoms with Gasteiger partial charge in [-0.25, -0.2) is 0 Å². The standard InChI is InChI=1S/C15H22O4SSi/c1-14-6-8-15(9-7-14)20(16,17)19-12-11-18-10-5-13-21(2,3)4/h6-9H,10-12H2,1-4H3. The number of aryl methyl sites for hydroxylation is 1. The lowest BCUT2D eigenvalue weighted by Gasteiger charge is -2.06. The van der Waals surface area contributed by atoms with Crippen molar-refractivity contribution in [3.05, 3.63) is 29.8 Å². The second-order valence-electron chi connectivity index (χ2n) is 5.69. The smallest absolute Gasteiger partial charge is 0.297 e. The van der Waals surface area contributed by atoms with Gasteiger partial charge in [0.25, 0.3) is 10.1 Å². The molecule has 1 aromatic rings. The molecule has 116 valence electrons. The van der Waals surface area contributed by atoms with Crippen LogP contribution in [0, 0.1) is 18.4 Å². The summed E-state index contributed by atoms with van der Waals surface area (Å²) < 4.78 is 33.9. The monoisotopic (exact) mass is 326 g/mol. The topological polar surface area (TPSA) is 52.6 Å². The fraction of sp³-hybridized carbons (Fsp3) is 0.467. The number of ether oxygens (including phenoxy) is 1. The molecule has 0 amide bonds. The van der Waals surface area contributed by atoms with Crippen molar-refractivity contribution in [2.24, 2.45) is 0 Å². The van der Waals surface area contributed by atoms with Gasteiger partial charge in [0.05, 0.1) is 18.1 Å². The van der Waals surface area contributed by atoms with Crippen LogP contribution >= 0.6 is 0 Å². The molecule has 0 radical (unpaired) electrons. The molecule has 0 fully saturated rings. The summed E-state index contributed by atoms with van der Waals surface area (Å²) in [6.07, 6.45) is 0. The van der Waals surface area contributed by atoms with Crippen molar-refractivity contribution >= 4 is 18.2 Å². The molecule has 0 heterocycles. The van der Waals surface area contributed by atoms with Crippen LogP contribution in [0.4, 0.5) is 0 Å². The molecule has 0 saturated carbocycles.